The molecule has 5 nitrogen and oxygen atoms in total. The molecule has 25 heavy (non-hydrogen) atoms. The van der Waals surface area contributed by atoms with Crippen molar-refractivity contribution < 1.29 is 19.1 Å². The van der Waals surface area contributed by atoms with Gasteiger partial charge in [0.1, 0.15) is 5.82 Å². The predicted molar refractivity (Wildman–Crippen MR) is 93.7 cm³/mol. The fourth-order valence-electron chi connectivity index (χ4n) is 2.46. The molecule has 0 bridgehead atoms. The minimum Gasteiger partial charge on any atom is -0.388 e. The molecule has 0 saturated carbocycles. The zero-order valence-corrected chi connectivity index (χ0v) is 14.1. The first kappa shape index (κ1) is 18.6. The van der Waals surface area contributed by atoms with Crippen LogP contribution in [0.2, 0.25) is 0 Å². The van der Waals surface area contributed by atoms with E-state index in [1.807, 2.05) is 30.3 Å². The van der Waals surface area contributed by atoms with Crippen LogP contribution in [0.3, 0.4) is 0 Å². The van der Waals surface area contributed by atoms with Crippen molar-refractivity contribution >= 4 is 17.5 Å². The number of anilines is 1. The van der Waals surface area contributed by atoms with Gasteiger partial charge in [0.15, 0.2) is 0 Å². The van der Waals surface area contributed by atoms with Gasteiger partial charge in [-0.05, 0) is 37.1 Å². The summed E-state index contributed by atoms with van der Waals surface area (Å²) in [6.07, 6.45) is -0.352. The second kappa shape index (κ2) is 8.39. The molecule has 132 valence electrons. The number of amides is 2. The van der Waals surface area contributed by atoms with Crippen LogP contribution in [0.5, 0.6) is 0 Å². The minimum atomic E-state index is -0.695. The highest BCUT2D eigenvalue weighted by Gasteiger charge is 2.16. The molecule has 2 amide bonds. The SMILES string of the molecule is CC(=O)Nc1cc(C(=O)NC(C)CC(O)c2ccccc2)ccc1F. The van der Waals surface area contributed by atoms with Crippen molar-refractivity contribution in [1.29, 1.82) is 0 Å². The van der Waals surface area contributed by atoms with E-state index in [9.17, 15) is 19.1 Å². The van der Waals surface area contributed by atoms with Gasteiger partial charge >= 0.3 is 0 Å². The normalized spacial score (nSPS) is 13.0. The van der Waals surface area contributed by atoms with Crippen LogP contribution >= 0.6 is 0 Å². The molecule has 0 radical (unpaired) electrons. The third kappa shape index (κ3) is 5.39. The average Bonchev–Trinajstić information content (AvgIpc) is 2.57. The maximum atomic E-state index is 13.6. The van der Waals surface area contributed by atoms with E-state index in [0.717, 1.165) is 11.6 Å². The molecule has 0 saturated heterocycles. The molecule has 0 spiro atoms. The van der Waals surface area contributed by atoms with Crippen LogP contribution in [0.1, 0.15) is 42.3 Å². The zero-order valence-electron chi connectivity index (χ0n) is 14.1. The number of carbonyl (C=O) groups is 2. The summed E-state index contributed by atoms with van der Waals surface area (Å²) in [5.41, 5.74) is 0.960. The number of nitrogens with one attached hydrogen (secondary N) is 2. The summed E-state index contributed by atoms with van der Waals surface area (Å²) < 4.78 is 13.6. The molecule has 3 N–H and O–H groups in total. The number of aliphatic hydroxyl groups is 1. The first-order valence-electron chi connectivity index (χ1n) is 7.98. The van der Waals surface area contributed by atoms with Gasteiger partial charge < -0.3 is 15.7 Å². The van der Waals surface area contributed by atoms with Crippen LogP contribution in [0.15, 0.2) is 48.5 Å². The summed E-state index contributed by atoms with van der Waals surface area (Å²) in [6, 6.07) is 12.6. The van der Waals surface area contributed by atoms with Gasteiger partial charge in [-0.2, -0.15) is 0 Å². The number of carbonyl (C=O) groups excluding carboxylic acids is 2. The first-order chi connectivity index (χ1) is 11.9. The highest BCUT2D eigenvalue weighted by atomic mass is 19.1. The summed E-state index contributed by atoms with van der Waals surface area (Å²) in [6.45, 7) is 3.04. The maximum Gasteiger partial charge on any atom is 0.251 e. The minimum absolute atomic E-state index is 0.0443. The Hall–Kier alpha value is -2.73. The van der Waals surface area contributed by atoms with Crippen LogP contribution in [0.4, 0.5) is 10.1 Å². The van der Waals surface area contributed by atoms with Crippen molar-refractivity contribution in [3.05, 3.63) is 65.5 Å². The van der Waals surface area contributed by atoms with E-state index in [4.69, 9.17) is 0 Å². The predicted octanol–water partition coefficient (Wildman–Crippen LogP) is 3.03. The Morgan fingerprint density at radius 1 is 1.16 bits per heavy atom. The maximum absolute atomic E-state index is 13.6. The van der Waals surface area contributed by atoms with Crippen molar-refractivity contribution in [2.75, 3.05) is 5.32 Å². The number of hydrogen-bond donors (Lipinski definition) is 3. The Morgan fingerprint density at radius 3 is 2.48 bits per heavy atom. The molecule has 2 aromatic rings. The van der Waals surface area contributed by atoms with E-state index < -0.39 is 23.7 Å². The van der Waals surface area contributed by atoms with Crippen LogP contribution in [0.25, 0.3) is 0 Å². The lowest BCUT2D eigenvalue weighted by molar-refractivity contribution is -0.114. The molecule has 2 aromatic carbocycles. The van der Waals surface area contributed by atoms with Gasteiger partial charge in [0.2, 0.25) is 5.91 Å². The van der Waals surface area contributed by atoms with Gasteiger partial charge in [0.25, 0.3) is 5.91 Å². The van der Waals surface area contributed by atoms with Crippen molar-refractivity contribution in [2.24, 2.45) is 0 Å². The lowest BCUT2D eigenvalue weighted by atomic mass is 10.0. The number of rotatable bonds is 6. The van der Waals surface area contributed by atoms with Gasteiger partial charge in [0, 0.05) is 18.5 Å². The third-order valence-electron chi connectivity index (χ3n) is 3.68. The topological polar surface area (TPSA) is 78.4 Å². The highest BCUT2D eigenvalue weighted by Crippen LogP contribution is 2.19. The van der Waals surface area contributed by atoms with E-state index >= 15 is 0 Å². The molecule has 0 aliphatic heterocycles. The smallest absolute Gasteiger partial charge is 0.251 e. The Kier molecular flexibility index (Phi) is 6.25. The van der Waals surface area contributed by atoms with E-state index in [-0.39, 0.29) is 17.3 Å². The quantitative estimate of drug-likeness (QED) is 0.754. The van der Waals surface area contributed by atoms with Crippen LogP contribution in [-0.4, -0.2) is 23.0 Å². The van der Waals surface area contributed by atoms with E-state index in [1.165, 1.54) is 19.1 Å². The lowest BCUT2D eigenvalue weighted by Gasteiger charge is -2.18. The van der Waals surface area contributed by atoms with Gasteiger partial charge in [-0.15, -0.1) is 0 Å². The monoisotopic (exact) mass is 344 g/mol. The number of hydrogen-bond acceptors (Lipinski definition) is 3. The molecule has 0 heterocycles. The summed E-state index contributed by atoms with van der Waals surface area (Å²) in [5, 5.41) is 15.3. The lowest BCUT2D eigenvalue weighted by Crippen LogP contribution is -2.33. The molecule has 6 heteroatoms. The van der Waals surface area contributed by atoms with E-state index in [0.29, 0.717) is 6.42 Å². The van der Waals surface area contributed by atoms with Gasteiger partial charge in [-0.3, -0.25) is 9.59 Å². The molecular weight excluding hydrogens is 323 g/mol. The Balaban J connectivity index is 2.00. The van der Waals surface area contributed by atoms with Gasteiger partial charge in [0.05, 0.1) is 11.8 Å². The fourth-order valence-corrected chi connectivity index (χ4v) is 2.46. The largest absolute Gasteiger partial charge is 0.388 e. The van der Waals surface area contributed by atoms with Gasteiger partial charge in [-0.25, -0.2) is 4.39 Å². The van der Waals surface area contributed by atoms with E-state index in [1.54, 1.807) is 6.92 Å². The molecule has 2 rings (SSSR count). The number of halogens is 1. The Bertz CT molecular complexity index is 750. The van der Waals surface area contributed by atoms with Crippen molar-refractivity contribution in [3.63, 3.8) is 0 Å². The molecule has 2 atom stereocenters. The van der Waals surface area contributed by atoms with E-state index in [2.05, 4.69) is 10.6 Å². The van der Waals surface area contributed by atoms with Gasteiger partial charge in [-0.1, -0.05) is 30.3 Å². The molecule has 0 fully saturated rings. The van der Waals surface area contributed by atoms with Crippen molar-refractivity contribution in [1.82, 2.24) is 5.32 Å². The number of benzene rings is 2. The summed E-state index contributed by atoms with van der Waals surface area (Å²) in [5.74, 6) is -1.44. The summed E-state index contributed by atoms with van der Waals surface area (Å²) >= 11 is 0. The highest BCUT2D eigenvalue weighted by molar-refractivity contribution is 5.97. The molecule has 0 aliphatic carbocycles. The van der Waals surface area contributed by atoms with Crippen molar-refractivity contribution in [3.8, 4) is 0 Å². The first-order valence-corrected chi connectivity index (χ1v) is 7.98. The summed E-state index contributed by atoms with van der Waals surface area (Å²) in [7, 11) is 0. The Labute approximate surface area is 145 Å². The second-order valence-corrected chi connectivity index (χ2v) is 5.91. The molecule has 0 aliphatic rings. The molecular formula is C19H21FN2O3. The Morgan fingerprint density at radius 2 is 1.84 bits per heavy atom. The average molecular weight is 344 g/mol. The fraction of sp³-hybridized carbons (Fsp3) is 0.263. The molecule has 2 unspecified atom stereocenters. The second-order valence-electron chi connectivity index (χ2n) is 5.91. The zero-order chi connectivity index (χ0) is 18.4. The third-order valence-corrected chi connectivity index (χ3v) is 3.68. The van der Waals surface area contributed by atoms with Crippen LogP contribution < -0.4 is 10.6 Å². The summed E-state index contributed by atoms with van der Waals surface area (Å²) in [4.78, 5) is 23.4. The van der Waals surface area contributed by atoms with Crippen LogP contribution in [0, 0.1) is 5.82 Å². The number of aliphatic hydroxyl groups excluding tert-OH is 1. The standard InChI is InChI=1S/C19H21FN2O3/c1-12(10-18(24)14-6-4-3-5-7-14)21-19(25)15-8-9-16(20)17(11-15)22-13(2)23/h3-9,11-12,18,24H,10H2,1-2H3,(H,21,25)(H,22,23). The van der Waals surface area contributed by atoms with Crippen LogP contribution in [-0.2, 0) is 4.79 Å². The van der Waals surface area contributed by atoms with Crippen molar-refractivity contribution in [2.45, 2.75) is 32.4 Å². The molecule has 0 aromatic heterocycles.